The molecule has 12 heavy (non-hydrogen) atoms. The summed E-state index contributed by atoms with van der Waals surface area (Å²) in [6.07, 6.45) is 2.61. The van der Waals surface area contributed by atoms with Crippen LogP contribution in [0.5, 0.6) is 0 Å². The number of aromatic nitrogens is 2. The standard InChI is InChI=1S/C7H8BrN3O/c8-1-7(12)5-11-4-6(2-9)3-10-11/h3-4,7,12H,1,5H2. The van der Waals surface area contributed by atoms with Crippen molar-refractivity contribution < 1.29 is 5.11 Å². The Kier molecular flexibility index (Phi) is 3.26. The molecule has 4 nitrogen and oxygen atoms in total. The van der Waals surface area contributed by atoms with E-state index in [0.717, 1.165) is 0 Å². The fraction of sp³-hybridized carbons (Fsp3) is 0.429. The summed E-state index contributed by atoms with van der Waals surface area (Å²) < 4.78 is 1.55. The van der Waals surface area contributed by atoms with E-state index in [9.17, 15) is 5.11 Å². The number of rotatable bonds is 3. The van der Waals surface area contributed by atoms with Gasteiger partial charge in [-0.25, -0.2) is 0 Å². The van der Waals surface area contributed by atoms with E-state index < -0.39 is 6.10 Å². The largest absolute Gasteiger partial charge is 0.390 e. The maximum Gasteiger partial charge on any atom is 0.102 e. The van der Waals surface area contributed by atoms with Crippen LogP contribution in [-0.2, 0) is 6.54 Å². The molecule has 1 aromatic rings. The van der Waals surface area contributed by atoms with Crippen molar-refractivity contribution in [2.24, 2.45) is 0 Å². The second kappa shape index (κ2) is 4.24. The Hall–Kier alpha value is -0.860. The summed E-state index contributed by atoms with van der Waals surface area (Å²) in [5.41, 5.74) is 0.511. The Morgan fingerprint density at radius 2 is 2.58 bits per heavy atom. The molecular weight excluding hydrogens is 222 g/mol. The summed E-state index contributed by atoms with van der Waals surface area (Å²) in [4.78, 5) is 0. The molecule has 0 aliphatic carbocycles. The predicted octanol–water partition coefficient (Wildman–Crippen LogP) is 0.511. The van der Waals surface area contributed by atoms with E-state index in [1.807, 2.05) is 6.07 Å². The fourth-order valence-electron chi connectivity index (χ4n) is 0.786. The first-order valence-electron chi connectivity index (χ1n) is 3.43. The van der Waals surface area contributed by atoms with Crippen molar-refractivity contribution in [3.05, 3.63) is 18.0 Å². The lowest BCUT2D eigenvalue weighted by atomic mass is 10.4. The Morgan fingerprint density at radius 1 is 1.83 bits per heavy atom. The molecule has 1 unspecified atom stereocenters. The first kappa shape index (κ1) is 9.23. The number of nitrogens with zero attached hydrogens (tertiary/aromatic N) is 3. The van der Waals surface area contributed by atoms with E-state index in [4.69, 9.17) is 5.26 Å². The molecule has 1 heterocycles. The minimum Gasteiger partial charge on any atom is -0.390 e. The zero-order valence-electron chi connectivity index (χ0n) is 6.31. The quantitative estimate of drug-likeness (QED) is 0.769. The third kappa shape index (κ3) is 2.32. The van der Waals surface area contributed by atoms with Crippen molar-refractivity contribution in [1.82, 2.24) is 9.78 Å². The molecule has 0 saturated heterocycles. The van der Waals surface area contributed by atoms with E-state index in [1.54, 1.807) is 10.9 Å². The highest BCUT2D eigenvalue weighted by atomic mass is 79.9. The van der Waals surface area contributed by atoms with Gasteiger partial charge in [0, 0.05) is 11.5 Å². The molecule has 5 heteroatoms. The summed E-state index contributed by atoms with van der Waals surface area (Å²) in [7, 11) is 0. The van der Waals surface area contributed by atoms with Crippen LogP contribution in [0.1, 0.15) is 5.56 Å². The third-order valence-corrected chi connectivity index (χ3v) is 2.09. The monoisotopic (exact) mass is 229 g/mol. The maximum atomic E-state index is 9.20. The molecule has 0 saturated carbocycles. The van der Waals surface area contributed by atoms with Gasteiger partial charge in [0.2, 0.25) is 0 Å². The first-order valence-corrected chi connectivity index (χ1v) is 4.55. The van der Waals surface area contributed by atoms with Crippen molar-refractivity contribution in [1.29, 1.82) is 5.26 Å². The first-order chi connectivity index (χ1) is 5.76. The van der Waals surface area contributed by atoms with Crippen molar-refractivity contribution in [3.8, 4) is 6.07 Å². The normalized spacial score (nSPS) is 12.4. The molecule has 0 aliphatic rings. The maximum absolute atomic E-state index is 9.20. The Labute approximate surface area is 78.6 Å². The molecule has 0 spiro atoms. The van der Waals surface area contributed by atoms with Crippen LogP contribution in [0.15, 0.2) is 12.4 Å². The number of hydrogen-bond acceptors (Lipinski definition) is 3. The Balaban J connectivity index is 2.59. The third-order valence-electron chi connectivity index (χ3n) is 1.34. The zero-order chi connectivity index (χ0) is 8.97. The van der Waals surface area contributed by atoms with Crippen LogP contribution in [0.4, 0.5) is 0 Å². The molecule has 1 aromatic heterocycles. The smallest absolute Gasteiger partial charge is 0.102 e. The molecule has 0 amide bonds. The van der Waals surface area contributed by atoms with Gasteiger partial charge >= 0.3 is 0 Å². The van der Waals surface area contributed by atoms with Crippen molar-refractivity contribution in [2.75, 3.05) is 5.33 Å². The number of aliphatic hydroxyl groups excluding tert-OH is 1. The average Bonchev–Trinajstić information content (AvgIpc) is 2.52. The Morgan fingerprint density at radius 3 is 3.08 bits per heavy atom. The van der Waals surface area contributed by atoms with E-state index >= 15 is 0 Å². The van der Waals surface area contributed by atoms with Gasteiger partial charge in [0.05, 0.1) is 24.4 Å². The summed E-state index contributed by atoms with van der Waals surface area (Å²) in [6, 6.07) is 1.96. The lowest BCUT2D eigenvalue weighted by Gasteiger charge is -2.05. The van der Waals surface area contributed by atoms with Crippen molar-refractivity contribution in [3.63, 3.8) is 0 Å². The van der Waals surface area contributed by atoms with Crippen molar-refractivity contribution >= 4 is 15.9 Å². The fourth-order valence-corrected chi connectivity index (χ4v) is 0.991. The van der Waals surface area contributed by atoms with E-state index in [-0.39, 0.29) is 0 Å². The SMILES string of the molecule is N#Cc1cnn(CC(O)CBr)c1. The minimum atomic E-state index is -0.462. The summed E-state index contributed by atoms with van der Waals surface area (Å²) in [6.45, 7) is 0.410. The number of nitriles is 1. The van der Waals surface area contributed by atoms with E-state index in [0.29, 0.717) is 17.4 Å². The van der Waals surface area contributed by atoms with E-state index in [1.165, 1.54) is 6.20 Å². The van der Waals surface area contributed by atoms with Crippen LogP contribution < -0.4 is 0 Å². The van der Waals surface area contributed by atoms with Crippen molar-refractivity contribution in [2.45, 2.75) is 12.6 Å². The highest BCUT2D eigenvalue weighted by Crippen LogP contribution is 1.98. The minimum absolute atomic E-state index is 0.410. The van der Waals surface area contributed by atoms with Crippen LogP contribution in [0.25, 0.3) is 0 Å². The molecule has 1 N–H and O–H groups in total. The molecular formula is C7H8BrN3O. The molecule has 0 aromatic carbocycles. The van der Waals surface area contributed by atoms with Gasteiger partial charge in [-0.2, -0.15) is 10.4 Å². The van der Waals surface area contributed by atoms with Gasteiger partial charge in [-0.3, -0.25) is 4.68 Å². The second-order valence-electron chi connectivity index (χ2n) is 2.37. The summed E-state index contributed by atoms with van der Waals surface area (Å²) >= 11 is 3.14. The molecule has 1 atom stereocenters. The summed E-state index contributed by atoms with van der Waals surface area (Å²) in [5.74, 6) is 0. The number of alkyl halides is 1. The van der Waals surface area contributed by atoms with Gasteiger partial charge in [-0.05, 0) is 0 Å². The highest BCUT2D eigenvalue weighted by molar-refractivity contribution is 9.09. The lowest BCUT2D eigenvalue weighted by Crippen LogP contribution is -2.17. The number of hydrogen-bond donors (Lipinski definition) is 1. The average molecular weight is 230 g/mol. The highest BCUT2D eigenvalue weighted by Gasteiger charge is 2.03. The van der Waals surface area contributed by atoms with Crippen LogP contribution in [0.3, 0.4) is 0 Å². The molecule has 0 aliphatic heterocycles. The zero-order valence-corrected chi connectivity index (χ0v) is 7.90. The van der Waals surface area contributed by atoms with Crippen LogP contribution in [0.2, 0.25) is 0 Å². The molecule has 0 bridgehead atoms. The topological polar surface area (TPSA) is 61.8 Å². The molecule has 64 valence electrons. The van der Waals surface area contributed by atoms with Gasteiger partial charge in [0.15, 0.2) is 0 Å². The molecule has 0 fully saturated rings. The van der Waals surface area contributed by atoms with Gasteiger partial charge in [-0.15, -0.1) is 0 Å². The Bertz CT molecular complexity index is 291. The van der Waals surface area contributed by atoms with Gasteiger partial charge in [0.1, 0.15) is 6.07 Å². The summed E-state index contributed by atoms with van der Waals surface area (Å²) in [5, 5.41) is 22.1. The van der Waals surface area contributed by atoms with Crippen LogP contribution in [-0.4, -0.2) is 26.3 Å². The molecule has 1 rings (SSSR count). The van der Waals surface area contributed by atoms with E-state index in [2.05, 4.69) is 21.0 Å². The molecule has 0 radical (unpaired) electrons. The van der Waals surface area contributed by atoms with Gasteiger partial charge < -0.3 is 5.11 Å². The number of halogens is 1. The second-order valence-corrected chi connectivity index (χ2v) is 3.02. The van der Waals surface area contributed by atoms with Crippen LogP contribution >= 0.6 is 15.9 Å². The lowest BCUT2D eigenvalue weighted by molar-refractivity contribution is 0.174. The number of aliphatic hydroxyl groups is 1. The van der Waals surface area contributed by atoms with Gasteiger partial charge in [-0.1, -0.05) is 15.9 Å². The predicted molar refractivity (Wildman–Crippen MR) is 46.7 cm³/mol. The van der Waals surface area contributed by atoms with Crippen LogP contribution in [0, 0.1) is 11.3 Å². The van der Waals surface area contributed by atoms with Gasteiger partial charge in [0.25, 0.3) is 0 Å².